The molecular formula is C40H44. The summed E-state index contributed by atoms with van der Waals surface area (Å²) in [7, 11) is 0. The van der Waals surface area contributed by atoms with Crippen molar-refractivity contribution in [3.63, 3.8) is 0 Å². The molecule has 0 aliphatic heterocycles. The highest BCUT2D eigenvalue weighted by Gasteiger charge is 2.51. The van der Waals surface area contributed by atoms with Gasteiger partial charge in [-0.15, -0.1) is 0 Å². The quantitative estimate of drug-likeness (QED) is 0.235. The van der Waals surface area contributed by atoms with Crippen LogP contribution in [0.4, 0.5) is 0 Å². The van der Waals surface area contributed by atoms with Crippen molar-refractivity contribution < 1.29 is 0 Å². The highest BCUT2D eigenvalue weighted by atomic mass is 14.5. The van der Waals surface area contributed by atoms with Crippen LogP contribution in [0.2, 0.25) is 0 Å². The minimum absolute atomic E-state index is 0.0561. The molecule has 4 aromatic rings. The average Bonchev–Trinajstić information content (AvgIpc) is 3.22. The van der Waals surface area contributed by atoms with Gasteiger partial charge in [0.25, 0.3) is 0 Å². The highest BCUT2D eigenvalue weighted by molar-refractivity contribution is 6.13. The largest absolute Gasteiger partial charge is 0.0657 e. The second-order valence-corrected chi connectivity index (χ2v) is 13.4. The number of benzene rings is 4. The van der Waals surface area contributed by atoms with Crippen LogP contribution in [-0.2, 0) is 10.8 Å². The summed E-state index contributed by atoms with van der Waals surface area (Å²) in [6.45, 7) is 16.9. The van der Waals surface area contributed by atoms with Gasteiger partial charge in [0, 0.05) is 10.8 Å². The lowest BCUT2D eigenvalue weighted by atomic mass is 9.64. The summed E-state index contributed by atoms with van der Waals surface area (Å²) in [5, 5.41) is 5.79. The fourth-order valence-electron chi connectivity index (χ4n) is 9.27. The van der Waals surface area contributed by atoms with Crippen molar-refractivity contribution in [2.24, 2.45) is 11.8 Å². The van der Waals surface area contributed by atoms with Crippen LogP contribution < -0.4 is 0 Å². The highest BCUT2D eigenvalue weighted by Crippen LogP contribution is 2.65. The van der Waals surface area contributed by atoms with E-state index in [0.717, 1.165) is 6.42 Å². The third kappa shape index (κ3) is 3.14. The van der Waals surface area contributed by atoms with E-state index >= 15 is 0 Å². The van der Waals surface area contributed by atoms with Gasteiger partial charge in [0.2, 0.25) is 0 Å². The Hall–Kier alpha value is -3.12. The molecule has 0 nitrogen and oxygen atoms in total. The summed E-state index contributed by atoms with van der Waals surface area (Å²) in [5.74, 6) is 1.24. The van der Waals surface area contributed by atoms with Crippen molar-refractivity contribution in [2.45, 2.75) is 91.4 Å². The summed E-state index contributed by atoms with van der Waals surface area (Å²) in [5.41, 5.74) is 13.8. The fraction of sp³-hybridized carbons (Fsp3) is 0.400. The van der Waals surface area contributed by atoms with Crippen molar-refractivity contribution in [3.05, 3.63) is 106 Å². The molecule has 0 bridgehead atoms. The summed E-state index contributed by atoms with van der Waals surface area (Å²) in [4.78, 5) is 0. The monoisotopic (exact) mass is 524 g/mol. The summed E-state index contributed by atoms with van der Waals surface area (Å²) < 4.78 is 0. The van der Waals surface area contributed by atoms with Crippen LogP contribution in [0.25, 0.3) is 32.7 Å². The van der Waals surface area contributed by atoms with Crippen molar-refractivity contribution >= 4 is 21.5 Å². The van der Waals surface area contributed by atoms with Gasteiger partial charge in [0.05, 0.1) is 0 Å². The zero-order valence-electron chi connectivity index (χ0n) is 25.5. The molecule has 0 aromatic heterocycles. The number of allylic oxidation sites excluding steroid dienone is 4. The lowest BCUT2D eigenvalue weighted by Gasteiger charge is -2.39. The van der Waals surface area contributed by atoms with Crippen LogP contribution in [0, 0.1) is 18.8 Å². The van der Waals surface area contributed by atoms with E-state index in [-0.39, 0.29) is 10.8 Å². The number of rotatable bonds is 6. The Labute approximate surface area is 241 Å². The van der Waals surface area contributed by atoms with Crippen molar-refractivity contribution in [1.29, 1.82) is 0 Å². The Morgan fingerprint density at radius 3 is 2.10 bits per heavy atom. The molecule has 0 N–H and O–H groups in total. The normalized spacial score (nSPS) is 20.2. The summed E-state index contributed by atoms with van der Waals surface area (Å²) >= 11 is 0. The average molecular weight is 525 g/mol. The van der Waals surface area contributed by atoms with Crippen LogP contribution in [0.5, 0.6) is 0 Å². The molecule has 4 aromatic carbocycles. The molecule has 1 unspecified atom stereocenters. The molecule has 0 saturated heterocycles. The molecule has 0 radical (unpaired) electrons. The van der Waals surface area contributed by atoms with Gasteiger partial charge >= 0.3 is 0 Å². The first kappa shape index (κ1) is 25.8. The van der Waals surface area contributed by atoms with Crippen LogP contribution in [0.3, 0.4) is 0 Å². The van der Waals surface area contributed by atoms with E-state index < -0.39 is 0 Å². The third-order valence-corrected chi connectivity index (χ3v) is 11.2. The van der Waals surface area contributed by atoms with Crippen LogP contribution in [-0.4, -0.2) is 0 Å². The minimum Gasteiger partial charge on any atom is -0.0657 e. The van der Waals surface area contributed by atoms with Crippen LogP contribution >= 0.6 is 0 Å². The molecule has 1 spiro atoms. The maximum atomic E-state index is 2.76. The number of aryl methyl sites for hydroxylation is 1. The predicted octanol–water partition coefficient (Wildman–Crippen LogP) is 11.3. The first-order valence-electron chi connectivity index (χ1n) is 15.9. The molecule has 3 aliphatic carbocycles. The van der Waals surface area contributed by atoms with E-state index in [1.165, 1.54) is 63.9 Å². The van der Waals surface area contributed by atoms with Gasteiger partial charge in [-0.25, -0.2) is 0 Å². The second kappa shape index (κ2) is 8.94. The fourth-order valence-corrected chi connectivity index (χ4v) is 9.27. The standard InChI is InChI=1S/C40H44/c1-8-25(9-2)28-21-29(26(10-3)11-4)23-40(22-28)33-20-19-27-15-14-18-32-34(27)35(33)36-37(39(32,6)7)24(5)30-16-12-13-17-31(30)38(36)40/h12-22,25-26H,8-11,23H2,1-7H3. The van der Waals surface area contributed by atoms with Gasteiger partial charge in [-0.1, -0.05) is 114 Å². The Morgan fingerprint density at radius 1 is 0.700 bits per heavy atom. The molecule has 1 atom stereocenters. The maximum Gasteiger partial charge on any atom is 0.0443 e. The molecular weight excluding hydrogens is 480 g/mol. The van der Waals surface area contributed by atoms with Crippen LogP contribution in [0.1, 0.15) is 101 Å². The summed E-state index contributed by atoms with van der Waals surface area (Å²) in [6, 6.07) is 21.3. The molecule has 7 rings (SSSR count). The van der Waals surface area contributed by atoms with Gasteiger partial charge in [0.15, 0.2) is 0 Å². The van der Waals surface area contributed by atoms with E-state index in [4.69, 9.17) is 0 Å². The second-order valence-electron chi connectivity index (χ2n) is 13.4. The molecule has 3 aliphatic rings. The molecule has 0 saturated carbocycles. The van der Waals surface area contributed by atoms with E-state index in [1.807, 2.05) is 0 Å². The Balaban J connectivity index is 1.70. The predicted molar refractivity (Wildman–Crippen MR) is 173 cm³/mol. The van der Waals surface area contributed by atoms with E-state index in [1.54, 1.807) is 33.4 Å². The smallest absolute Gasteiger partial charge is 0.0443 e. The first-order valence-corrected chi connectivity index (χ1v) is 15.9. The number of hydrogen-bond donors (Lipinski definition) is 0. The van der Waals surface area contributed by atoms with Gasteiger partial charge in [-0.3, -0.25) is 0 Å². The van der Waals surface area contributed by atoms with Crippen molar-refractivity contribution in [3.8, 4) is 11.1 Å². The molecule has 0 heteroatoms. The lowest BCUT2D eigenvalue weighted by Crippen LogP contribution is -2.30. The topological polar surface area (TPSA) is 0 Å². The first-order chi connectivity index (χ1) is 19.3. The molecule has 0 heterocycles. The Bertz CT molecular complexity index is 1750. The van der Waals surface area contributed by atoms with Gasteiger partial charge in [0.1, 0.15) is 0 Å². The Kier molecular flexibility index (Phi) is 5.77. The van der Waals surface area contributed by atoms with Gasteiger partial charge < -0.3 is 0 Å². The SMILES string of the molecule is CCC(CC)C1=CC2(CC(C(CC)CC)=C1)c1ccc3cccc4c3c1-c1c(c(C)c3ccccc3c12)C4(C)C. The number of fused-ring (bicyclic) bond motifs is 4. The van der Waals surface area contributed by atoms with Crippen molar-refractivity contribution in [1.82, 2.24) is 0 Å². The lowest BCUT2D eigenvalue weighted by molar-refractivity contribution is 0.491. The van der Waals surface area contributed by atoms with E-state index in [9.17, 15) is 0 Å². The minimum atomic E-state index is -0.126. The zero-order chi connectivity index (χ0) is 28.0. The van der Waals surface area contributed by atoms with Crippen LogP contribution in [0.15, 0.2) is 77.9 Å². The number of hydrogen-bond acceptors (Lipinski definition) is 0. The molecule has 0 fully saturated rings. The zero-order valence-corrected chi connectivity index (χ0v) is 25.5. The summed E-state index contributed by atoms with van der Waals surface area (Å²) in [6.07, 6.45) is 11.3. The maximum absolute atomic E-state index is 2.76. The van der Waals surface area contributed by atoms with Gasteiger partial charge in [-0.05, 0) is 117 Å². The molecule has 204 valence electrons. The molecule has 0 amide bonds. The Morgan fingerprint density at radius 2 is 1.40 bits per heavy atom. The third-order valence-electron chi connectivity index (χ3n) is 11.2. The van der Waals surface area contributed by atoms with E-state index in [2.05, 4.69) is 115 Å². The molecule has 40 heavy (non-hydrogen) atoms. The van der Waals surface area contributed by atoms with Crippen molar-refractivity contribution in [2.75, 3.05) is 0 Å². The van der Waals surface area contributed by atoms with Gasteiger partial charge in [-0.2, -0.15) is 0 Å². The van der Waals surface area contributed by atoms with E-state index in [0.29, 0.717) is 11.8 Å².